The van der Waals surface area contributed by atoms with E-state index in [1.165, 1.54) is 25.3 Å². The maximum absolute atomic E-state index is 13.9. The maximum atomic E-state index is 13.9. The zero-order valence-electron chi connectivity index (χ0n) is 24.5. The second-order valence-corrected chi connectivity index (χ2v) is 13.5. The number of ether oxygens (including phenoxy) is 1. The summed E-state index contributed by atoms with van der Waals surface area (Å²) in [6, 6.07) is 10.6. The van der Waals surface area contributed by atoms with Gasteiger partial charge < -0.3 is 23.7 Å². The fourth-order valence-electron chi connectivity index (χ4n) is 8.51. The van der Waals surface area contributed by atoms with E-state index in [-0.39, 0.29) is 17.7 Å². The number of nitrogens with zero attached hydrogens (tertiary/aromatic N) is 6. The molecule has 3 unspecified atom stereocenters. The molecule has 2 aliphatic heterocycles. The molecule has 3 aromatic heterocycles. The van der Waals surface area contributed by atoms with E-state index in [9.17, 15) is 9.59 Å². The first-order valence-corrected chi connectivity index (χ1v) is 15.8. The SMILES string of the molecule is C=CC(=O)N1CC(Cn2c(-c3cc4cccnc4n3CC3CC3)nc3cc(C(=O)N4CC5CC6CC4[C@H]65)cc(OC)c32)C1. The number of hydrogen-bond acceptors (Lipinski definition) is 5. The van der Waals surface area contributed by atoms with Crippen molar-refractivity contribution in [3.63, 3.8) is 0 Å². The van der Waals surface area contributed by atoms with Gasteiger partial charge in [-0.15, -0.1) is 0 Å². The van der Waals surface area contributed by atoms with Gasteiger partial charge in [0.15, 0.2) is 5.82 Å². The number of methoxy groups -OCH3 is 1. The van der Waals surface area contributed by atoms with Crippen molar-refractivity contribution in [3.05, 3.63) is 54.7 Å². The van der Waals surface area contributed by atoms with Crippen LogP contribution in [-0.4, -0.2) is 73.5 Å². The van der Waals surface area contributed by atoms with Crippen LogP contribution in [0.3, 0.4) is 0 Å². The van der Waals surface area contributed by atoms with Gasteiger partial charge >= 0.3 is 0 Å². The number of hydrogen-bond donors (Lipinski definition) is 0. The molecule has 2 amide bonds. The van der Waals surface area contributed by atoms with E-state index in [1.54, 1.807) is 7.11 Å². The molecule has 0 radical (unpaired) electrons. The van der Waals surface area contributed by atoms with E-state index in [0.29, 0.717) is 48.8 Å². The van der Waals surface area contributed by atoms with Gasteiger partial charge in [-0.2, -0.15) is 0 Å². The van der Waals surface area contributed by atoms with Crippen LogP contribution in [0.5, 0.6) is 5.75 Å². The lowest BCUT2D eigenvalue weighted by molar-refractivity contribution is -0.132. The Morgan fingerprint density at radius 1 is 1.05 bits per heavy atom. The summed E-state index contributed by atoms with van der Waals surface area (Å²) in [6.07, 6.45) is 8.13. The van der Waals surface area contributed by atoms with Crippen molar-refractivity contribution in [1.82, 2.24) is 28.9 Å². The highest BCUT2D eigenvalue weighted by atomic mass is 16.5. The molecule has 0 spiro atoms. The van der Waals surface area contributed by atoms with Gasteiger partial charge in [-0.1, -0.05) is 6.58 Å². The maximum Gasteiger partial charge on any atom is 0.254 e. The Hall–Kier alpha value is -4.14. The number of benzene rings is 1. The lowest BCUT2D eigenvalue weighted by atomic mass is 9.53. The van der Waals surface area contributed by atoms with Crippen LogP contribution in [0, 0.1) is 29.6 Å². The first kappa shape index (κ1) is 25.4. The molecule has 0 N–H and O–H groups in total. The van der Waals surface area contributed by atoms with E-state index in [2.05, 4.69) is 32.7 Å². The minimum atomic E-state index is -0.0311. The molecule has 9 nitrogen and oxygen atoms in total. The molecule has 43 heavy (non-hydrogen) atoms. The average molecular weight is 577 g/mol. The second-order valence-electron chi connectivity index (χ2n) is 13.5. The van der Waals surface area contributed by atoms with Gasteiger partial charge in [0.25, 0.3) is 5.91 Å². The summed E-state index contributed by atoms with van der Waals surface area (Å²) in [4.78, 5) is 40.1. The molecule has 220 valence electrons. The number of carbonyl (C=O) groups excluding carboxylic acids is 2. The summed E-state index contributed by atoms with van der Waals surface area (Å²) in [5.74, 6) is 4.75. The predicted octanol–water partition coefficient (Wildman–Crippen LogP) is 4.60. The Morgan fingerprint density at radius 2 is 1.88 bits per heavy atom. The Balaban J connectivity index is 1.16. The van der Waals surface area contributed by atoms with E-state index in [0.717, 1.165) is 64.9 Å². The summed E-state index contributed by atoms with van der Waals surface area (Å²) in [7, 11) is 1.68. The molecular weight excluding hydrogens is 540 g/mol. The van der Waals surface area contributed by atoms with Gasteiger partial charge in [0, 0.05) is 61.8 Å². The normalized spacial score (nSPS) is 25.8. The molecule has 4 atom stereocenters. The summed E-state index contributed by atoms with van der Waals surface area (Å²) in [5.41, 5.74) is 4.31. The summed E-state index contributed by atoms with van der Waals surface area (Å²) in [6.45, 7) is 7.47. The van der Waals surface area contributed by atoms with Crippen molar-refractivity contribution in [1.29, 1.82) is 0 Å². The van der Waals surface area contributed by atoms with Gasteiger partial charge in [0.1, 0.15) is 16.9 Å². The fraction of sp³-hybridized carbons (Fsp3) is 0.471. The number of likely N-dealkylation sites (tertiary alicyclic amines) is 2. The van der Waals surface area contributed by atoms with Crippen molar-refractivity contribution in [2.24, 2.45) is 29.6 Å². The molecule has 5 heterocycles. The van der Waals surface area contributed by atoms with Crippen LogP contribution in [0.2, 0.25) is 0 Å². The average Bonchev–Trinajstić information content (AvgIpc) is 3.64. The number of imidazole rings is 1. The van der Waals surface area contributed by atoms with Crippen LogP contribution in [0.1, 0.15) is 36.0 Å². The largest absolute Gasteiger partial charge is 0.494 e. The molecule has 9 rings (SSSR count). The van der Waals surface area contributed by atoms with Crippen LogP contribution < -0.4 is 4.74 Å². The summed E-state index contributed by atoms with van der Waals surface area (Å²) >= 11 is 0. The molecule has 2 saturated heterocycles. The highest BCUT2D eigenvalue weighted by Crippen LogP contribution is 2.60. The minimum absolute atomic E-state index is 0.0311. The lowest BCUT2D eigenvalue weighted by Gasteiger charge is -2.52. The van der Waals surface area contributed by atoms with Gasteiger partial charge in [-0.25, -0.2) is 9.97 Å². The van der Waals surface area contributed by atoms with Gasteiger partial charge in [0.2, 0.25) is 5.91 Å². The highest BCUT2D eigenvalue weighted by molar-refractivity contribution is 6.00. The number of aromatic nitrogens is 4. The van der Waals surface area contributed by atoms with Crippen molar-refractivity contribution >= 4 is 33.9 Å². The Kier molecular flexibility index (Phi) is 5.41. The Labute approximate surface area is 250 Å². The molecule has 3 aliphatic carbocycles. The minimum Gasteiger partial charge on any atom is -0.494 e. The van der Waals surface area contributed by atoms with Crippen molar-refractivity contribution < 1.29 is 14.3 Å². The topological polar surface area (TPSA) is 85.5 Å². The van der Waals surface area contributed by atoms with Crippen LogP contribution in [0.15, 0.2) is 49.2 Å². The number of rotatable bonds is 8. The van der Waals surface area contributed by atoms with Crippen LogP contribution >= 0.6 is 0 Å². The second kappa shape index (κ2) is 9.18. The first-order valence-electron chi connectivity index (χ1n) is 15.8. The summed E-state index contributed by atoms with van der Waals surface area (Å²) < 4.78 is 10.6. The van der Waals surface area contributed by atoms with E-state index >= 15 is 0 Å². The number of carbonyl (C=O) groups is 2. The fourth-order valence-corrected chi connectivity index (χ4v) is 8.51. The molecular formula is C34H36N6O3. The van der Waals surface area contributed by atoms with Crippen LogP contribution in [0.4, 0.5) is 0 Å². The van der Waals surface area contributed by atoms with Gasteiger partial charge in [-0.3, -0.25) is 9.59 Å². The standard InChI is InChI=1S/C34H36N6O3/c1-3-29(41)37-14-20(15-37)17-40-31-25(36-33(40)27-11-21-5-4-8-35-32(21)38(27)16-19-6-7-19)10-23(13-28(31)43-2)34(42)39-18-24-9-22-12-26(39)30(22)24/h3-5,8,10-11,13,19-20,22,24,26,30H,1,6-7,9,12,14-18H2,2H3/t22?,24?,26?,30-/m1/s1. The smallest absolute Gasteiger partial charge is 0.254 e. The van der Waals surface area contributed by atoms with Crippen molar-refractivity contribution in [3.8, 4) is 17.3 Å². The van der Waals surface area contributed by atoms with Gasteiger partial charge in [-0.05, 0) is 85.8 Å². The number of fused-ring (bicyclic) bond motifs is 2. The third-order valence-electron chi connectivity index (χ3n) is 11.0. The first-order chi connectivity index (χ1) is 21.0. The number of amides is 2. The van der Waals surface area contributed by atoms with E-state index < -0.39 is 0 Å². The quantitative estimate of drug-likeness (QED) is 0.287. The zero-order chi connectivity index (χ0) is 29.0. The van der Waals surface area contributed by atoms with E-state index in [4.69, 9.17) is 14.7 Å². The third-order valence-corrected chi connectivity index (χ3v) is 11.0. The molecule has 1 aromatic carbocycles. The lowest BCUT2D eigenvalue weighted by Crippen LogP contribution is -2.53. The predicted molar refractivity (Wildman–Crippen MR) is 163 cm³/mol. The van der Waals surface area contributed by atoms with Crippen molar-refractivity contribution in [2.75, 3.05) is 26.7 Å². The molecule has 9 heteroatoms. The molecule has 5 fully saturated rings. The van der Waals surface area contributed by atoms with E-state index in [1.807, 2.05) is 29.3 Å². The van der Waals surface area contributed by atoms with Crippen molar-refractivity contribution in [2.45, 2.75) is 44.8 Å². The molecule has 5 aliphatic rings. The Morgan fingerprint density at radius 3 is 2.63 bits per heavy atom. The van der Waals surface area contributed by atoms with Crippen LogP contribution in [-0.2, 0) is 17.9 Å². The van der Waals surface area contributed by atoms with Gasteiger partial charge in [0.05, 0.1) is 18.3 Å². The molecule has 4 aromatic rings. The molecule has 3 saturated carbocycles. The van der Waals surface area contributed by atoms with Crippen LogP contribution in [0.25, 0.3) is 33.6 Å². The third kappa shape index (κ3) is 3.76. The highest BCUT2D eigenvalue weighted by Gasteiger charge is 2.61. The monoisotopic (exact) mass is 576 g/mol. The summed E-state index contributed by atoms with van der Waals surface area (Å²) in [5, 5.41) is 1.09. The number of pyridine rings is 1. The molecule has 0 bridgehead atoms. The Bertz CT molecular complexity index is 1830. The zero-order valence-corrected chi connectivity index (χ0v) is 24.5.